The molecule has 1 aliphatic heterocycles. The van der Waals surface area contributed by atoms with E-state index in [-0.39, 0.29) is 29.7 Å². The first kappa shape index (κ1) is 29.4. The number of nitrogens with zero attached hydrogens (tertiary/aromatic N) is 1. The average molecular weight is 542 g/mol. The zero-order valence-corrected chi connectivity index (χ0v) is 25.0. The number of benzene rings is 3. The highest BCUT2D eigenvalue weighted by Crippen LogP contribution is 2.38. The molecule has 40 heavy (non-hydrogen) atoms. The van der Waals surface area contributed by atoms with Crippen LogP contribution in [-0.2, 0) is 35.0 Å². The van der Waals surface area contributed by atoms with Crippen molar-refractivity contribution in [3.05, 3.63) is 100 Å². The third kappa shape index (κ3) is 7.12. The second-order valence-corrected chi connectivity index (χ2v) is 13.5. The number of ether oxygens (including phenoxy) is 1. The molecule has 0 aromatic heterocycles. The number of carbonyl (C=O) groups is 2. The van der Waals surface area contributed by atoms with Gasteiger partial charge in [0.05, 0.1) is 6.42 Å². The molecule has 3 aromatic rings. The van der Waals surface area contributed by atoms with Gasteiger partial charge in [0, 0.05) is 31.5 Å². The summed E-state index contributed by atoms with van der Waals surface area (Å²) in [5.41, 5.74) is 6.02. The molecular formula is C35H43NO4. The fraction of sp³-hybridized carbons (Fsp3) is 0.429. The number of carboxylic acid groups (broad SMARTS) is 1. The predicted molar refractivity (Wildman–Crippen MR) is 160 cm³/mol. The standard InChI is InChI=1S/C35H43NO4/c1-33(2,3)28-13-8-24(9-14-28)21-35(7)22-27-20-26(12-17-30(27)40-35)32(39)36(19-18-31(37)38)23-25-10-15-29(16-11-25)34(4,5)6/h8-17,20H,18-19,21-23H2,1-7H3,(H,37,38)/t35-/m1/s1. The van der Waals surface area contributed by atoms with Crippen molar-refractivity contribution in [3.8, 4) is 5.75 Å². The summed E-state index contributed by atoms with van der Waals surface area (Å²) >= 11 is 0. The van der Waals surface area contributed by atoms with Gasteiger partial charge in [-0.15, -0.1) is 0 Å². The van der Waals surface area contributed by atoms with Crippen LogP contribution in [0, 0.1) is 0 Å². The minimum Gasteiger partial charge on any atom is -0.487 e. The van der Waals surface area contributed by atoms with Gasteiger partial charge in [-0.2, -0.15) is 0 Å². The zero-order chi connectivity index (χ0) is 29.3. The van der Waals surface area contributed by atoms with E-state index in [9.17, 15) is 14.7 Å². The van der Waals surface area contributed by atoms with Gasteiger partial charge in [0.2, 0.25) is 0 Å². The monoisotopic (exact) mass is 541 g/mol. The lowest BCUT2D eigenvalue weighted by Crippen LogP contribution is -2.33. The Morgan fingerprint density at radius 3 is 1.93 bits per heavy atom. The van der Waals surface area contributed by atoms with E-state index in [4.69, 9.17) is 4.74 Å². The molecule has 0 aliphatic carbocycles. The Bertz CT molecular complexity index is 1360. The van der Waals surface area contributed by atoms with Gasteiger partial charge in [-0.3, -0.25) is 9.59 Å². The van der Waals surface area contributed by atoms with Gasteiger partial charge >= 0.3 is 5.97 Å². The van der Waals surface area contributed by atoms with E-state index in [1.807, 2.05) is 24.3 Å². The van der Waals surface area contributed by atoms with Gasteiger partial charge in [-0.1, -0.05) is 90.1 Å². The van der Waals surface area contributed by atoms with E-state index in [0.29, 0.717) is 18.5 Å². The number of rotatable bonds is 8. The van der Waals surface area contributed by atoms with Crippen LogP contribution >= 0.6 is 0 Å². The first-order chi connectivity index (χ1) is 18.6. The molecule has 0 spiro atoms. The van der Waals surface area contributed by atoms with E-state index in [1.165, 1.54) is 16.7 Å². The molecule has 1 amide bonds. The summed E-state index contributed by atoms with van der Waals surface area (Å²) in [5, 5.41) is 9.31. The second-order valence-electron chi connectivity index (χ2n) is 13.5. The van der Waals surface area contributed by atoms with Crippen LogP contribution in [0.1, 0.15) is 93.1 Å². The number of amides is 1. The molecule has 5 nitrogen and oxygen atoms in total. The minimum atomic E-state index is -0.922. The lowest BCUT2D eigenvalue weighted by Gasteiger charge is -2.25. The van der Waals surface area contributed by atoms with Gasteiger partial charge in [0.1, 0.15) is 11.4 Å². The van der Waals surface area contributed by atoms with Crippen LogP contribution in [0.5, 0.6) is 5.75 Å². The molecule has 0 bridgehead atoms. The topological polar surface area (TPSA) is 66.8 Å². The van der Waals surface area contributed by atoms with E-state index in [1.54, 1.807) is 11.0 Å². The lowest BCUT2D eigenvalue weighted by atomic mass is 9.85. The first-order valence-corrected chi connectivity index (χ1v) is 14.1. The zero-order valence-electron chi connectivity index (χ0n) is 25.0. The molecule has 1 aliphatic rings. The van der Waals surface area contributed by atoms with Gasteiger partial charge < -0.3 is 14.7 Å². The molecule has 0 saturated heterocycles. The van der Waals surface area contributed by atoms with Gasteiger partial charge in [0.25, 0.3) is 5.91 Å². The Morgan fingerprint density at radius 1 is 0.850 bits per heavy atom. The molecular weight excluding hydrogens is 498 g/mol. The smallest absolute Gasteiger partial charge is 0.305 e. The highest BCUT2D eigenvalue weighted by molar-refractivity contribution is 5.95. The molecule has 5 heteroatoms. The molecule has 0 unspecified atom stereocenters. The van der Waals surface area contributed by atoms with Crippen molar-refractivity contribution in [3.63, 3.8) is 0 Å². The van der Waals surface area contributed by atoms with E-state index < -0.39 is 11.6 Å². The number of hydrogen-bond acceptors (Lipinski definition) is 3. The molecule has 1 heterocycles. The average Bonchev–Trinajstić information content (AvgIpc) is 3.20. The third-order valence-electron chi connectivity index (χ3n) is 7.70. The van der Waals surface area contributed by atoms with Crippen molar-refractivity contribution in [1.29, 1.82) is 0 Å². The molecule has 3 aromatic carbocycles. The highest BCUT2D eigenvalue weighted by atomic mass is 16.5. The van der Waals surface area contributed by atoms with E-state index >= 15 is 0 Å². The van der Waals surface area contributed by atoms with Crippen LogP contribution < -0.4 is 4.74 Å². The predicted octanol–water partition coefficient (Wildman–Crippen LogP) is 7.34. The van der Waals surface area contributed by atoms with Crippen LogP contribution in [0.4, 0.5) is 0 Å². The first-order valence-electron chi connectivity index (χ1n) is 14.1. The van der Waals surface area contributed by atoms with Gasteiger partial charge in [-0.05, 0) is 63.8 Å². The molecule has 1 N–H and O–H groups in total. The lowest BCUT2D eigenvalue weighted by molar-refractivity contribution is -0.137. The normalized spacial score (nSPS) is 16.8. The molecule has 4 rings (SSSR count). The maximum absolute atomic E-state index is 13.6. The summed E-state index contributed by atoms with van der Waals surface area (Å²) in [6, 6.07) is 22.6. The Morgan fingerprint density at radius 2 is 1.40 bits per heavy atom. The van der Waals surface area contributed by atoms with Crippen molar-refractivity contribution in [2.45, 2.75) is 90.7 Å². The molecule has 0 radical (unpaired) electrons. The van der Waals surface area contributed by atoms with Crippen LogP contribution in [-0.4, -0.2) is 34.0 Å². The minimum absolute atomic E-state index is 0.0359. The van der Waals surface area contributed by atoms with Gasteiger partial charge in [-0.25, -0.2) is 0 Å². The SMILES string of the molecule is CC(C)(C)c1ccc(CN(CCC(=O)O)C(=O)c2ccc3c(c2)C[C@@](C)(Cc2ccc(C(C)(C)C)cc2)O3)cc1. The van der Waals surface area contributed by atoms with Gasteiger partial charge in [0.15, 0.2) is 0 Å². The summed E-state index contributed by atoms with van der Waals surface area (Å²) in [6.45, 7) is 15.7. The summed E-state index contributed by atoms with van der Waals surface area (Å²) < 4.78 is 6.40. The maximum atomic E-state index is 13.6. The number of hydrogen-bond donors (Lipinski definition) is 1. The Balaban J connectivity index is 1.49. The number of aliphatic carboxylic acids is 1. The van der Waals surface area contributed by atoms with Crippen LogP contribution in [0.2, 0.25) is 0 Å². The fourth-order valence-corrected chi connectivity index (χ4v) is 5.30. The number of carboxylic acids is 1. The maximum Gasteiger partial charge on any atom is 0.305 e. The molecule has 1 atom stereocenters. The number of fused-ring (bicyclic) bond motifs is 1. The summed E-state index contributed by atoms with van der Waals surface area (Å²) in [7, 11) is 0. The van der Waals surface area contributed by atoms with Crippen LogP contribution in [0.3, 0.4) is 0 Å². The van der Waals surface area contributed by atoms with Crippen molar-refractivity contribution in [1.82, 2.24) is 4.90 Å². The second kappa shape index (κ2) is 11.1. The fourth-order valence-electron chi connectivity index (χ4n) is 5.30. The Kier molecular flexibility index (Phi) is 8.16. The molecule has 212 valence electrons. The van der Waals surface area contributed by atoms with Crippen LogP contribution in [0.25, 0.3) is 0 Å². The largest absolute Gasteiger partial charge is 0.487 e. The summed E-state index contributed by atoms with van der Waals surface area (Å²) in [4.78, 5) is 26.6. The summed E-state index contributed by atoms with van der Waals surface area (Å²) in [5.74, 6) is -0.287. The van der Waals surface area contributed by atoms with Crippen molar-refractivity contribution in [2.24, 2.45) is 0 Å². The number of carbonyl (C=O) groups excluding carboxylic acids is 1. The van der Waals surface area contributed by atoms with E-state index in [2.05, 4.69) is 84.9 Å². The third-order valence-corrected chi connectivity index (χ3v) is 7.70. The summed E-state index contributed by atoms with van der Waals surface area (Å²) in [6.07, 6.45) is 1.37. The molecule has 0 saturated carbocycles. The van der Waals surface area contributed by atoms with Crippen molar-refractivity contribution < 1.29 is 19.4 Å². The Hall–Kier alpha value is -3.60. The quantitative estimate of drug-likeness (QED) is 0.324. The Labute approximate surface area is 239 Å². The van der Waals surface area contributed by atoms with Crippen molar-refractivity contribution >= 4 is 11.9 Å². The molecule has 0 fully saturated rings. The van der Waals surface area contributed by atoms with Crippen molar-refractivity contribution in [2.75, 3.05) is 6.54 Å². The van der Waals surface area contributed by atoms with Crippen LogP contribution in [0.15, 0.2) is 66.7 Å². The van der Waals surface area contributed by atoms with E-state index in [0.717, 1.165) is 23.3 Å². The highest BCUT2D eigenvalue weighted by Gasteiger charge is 2.35.